The van der Waals surface area contributed by atoms with Crippen molar-refractivity contribution in [1.29, 1.82) is 0 Å². The normalized spacial score (nSPS) is 16.4. The molecule has 5 nitrogen and oxygen atoms in total. The van der Waals surface area contributed by atoms with Gasteiger partial charge < -0.3 is 5.32 Å². The Bertz CT molecular complexity index is 562. The molecule has 0 aromatic carbocycles. The molecule has 2 N–H and O–H groups in total. The first-order valence-electron chi connectivity index (χ1n) is 9.25. The average Bonchev–Trinajstić information content (AvgIpc) is 2.43. The molecular weight excluding hydrogens is 338 g/mol. The van der Waals surface area contributed by atoms with Crippen molar-refractivity contribution in [2.75, 3.05) is 5.75 Å². The standard InChI is InChI=1S/C19H39NO4S/c1-10-16(4,5)19(9,13-18(8,11-2)12-3)15(21)20-17(6,7)14-25(22,23)24/h10-14H2,1-9H3,(H,20,21)(H,22,23,24). The molecule has 1 atom stereocenters. The van der Waals surface area contributed by atoms with Crippen LogP contribution in [0.2, 0.25) is 0 Å². The van der Waals surface area contributed by atoms with Gasteiger partial charge in [-0.15, -0.1) is 0 Å². The number of rotatable bonds is 10. The fourth-order valence-corrected chi connectivity index (χ4v) is 4.29. The van der Waals surface area contributed by atoms with Crippen LogP contribution in [0.1, 0.15) is 88.0 Å². The molecule has 0 fully saturated rings. The molecule has 0 spiro atoms. The quantitative estimate of drug-likeness (QED) is 0.552. The molecule has 0 heterocycles. The number of hydrogen-bond acceptors (Lipinski definition) is 3. The van der Waals surface area contributed by atoms with Gasteiger partial charge in [0.1, 0.15) is 0 Å². The molecule has 0 radical (unpaired) electrons. The first-order chi connectivity index (χ1) is 11.0. The van der Waals surface area contributed by atoms with Crippen LogP contribution in [0.3, 0.4) is 0 Å². The minimum absolute atomic E-state index is 0.0335. The molecule has 0 saturated heterocycles. The van der Waals surface area contributed by atoms with E-state index in [0.29, 0.717) is 0 Å². The van der Waals surface area contributed by atoms with Gasteiger partial charge in [-0.25, -0.2) is 0 Å². The molecule has 0 aromatic rings. The molecule has 0 rings (SSSR count). The van der Waals surface area contributed by atoms with Gasteiger partial charge in [-0.05, 0) is 37.5 Å². The fraction of sp³-hybridized carbons (Fsp3) is 0.947. The molecule has 0 aliphatic heterocycles. The largest absolute Gasteiger partial charge is 0.350 e. The highest BCUT2D eigenvalue weighted by molar-refractivity contribution is 7.85. The first kappa shape index (κ1) is 24.4. The zero-order chi connectivity index (χ0) is 20.3. The average molecular weight is 378 g/mol. The third-order valence-electron chi connectivity index (χ3n) is 6.36. The summed E-state index contributed by atoms with van der Waals surface area (Å²) < 4.78 is 31.7. The van der Waals surface area contributed by atoms with Crippen molar-refractivity contribution in [3.8, 4) is 0 Å². The second-order valence-corrected chi connectivity index (χ2v) is 10.8. The van der Waals surface area contributed by atoms with Gasteiger partial charge in [0.2, 0.25) is 5.91 Å². The minimum Gasteiger partial charge on any atom is -0.350 e. The molecule has 0 bridgehead atoms. The monoisotopic (exact) mass is 377 g/mol. The van der Waals surface area contributed by atoms with Crippen LogP contribution in [0.5, 0.6) is 0 Å². The highest BCUT2D eigenvalue weighted by Crippen LogP contribution is 2.51. The van der Waals surface area contributed by atoms with Crippen molar-refractivity contribution in [2.24, 2.45) is 16.2 Å². The summed E-state index contributed by atoms with van der Waals surface area (Å²) in [5.41, 5.74) is -1.91. The summed E-state index contributed by atoms with van der Waals surface area (Å²) in [6.07, 6.45) is 3.50. The van der Waals surface area contributed by atoms with Crippen molar-refractivity contribution < 1.29 is 17.8 Å². The van der Waals surface area contributed by atoms with Crippen LogP contribution in [0.4, 0.5) is 0 Å². The van der Waals surface area contributed by atoms with E-state index in [-0.39, 0.29) is 16.7 Å². The summed E-state index contributed by atoms with van der Waals surface area (Å²) in [4.78, 5) is 13.3. The molecule has 25 heavy (non-hydrogen) atoms. The van der Waals surface area contributed by atoms with Crippen LogP contribution in [-0.2, 0) is 14.9 Å². The van der Waals surface area contributed by atoms with E-state index < -0.39 is 26.8 Å². The van der Waals surface area contributed by atoms with Gasteiger partial charge >= 0.3 is 0 Å². The van der Waals surface area contributed by atoms with Gasteiger partial charge in [0.05, 0.1) is 16.7 Å². The Labute approximate surface area is 155 Å². The molecule has 1 amide bonds. The lowest BCUT2D eigenvalue weighted by Gasteiger charge is -2.48. The Balaban J connectivity index is 5.82. The Morgan fingerprint density at radius 3 is 1.68 bits per heavy atom. The van der Waals surface area contributed by atoms with Crippen molar-refractivity contribution >= 4 is 16.0 Å². The summed E-state index contributed by atoms with van der Waals surface area (Å²) in [5.74, 6) is -0.658. The Morgan fingerprint density at radius 1 is 0.920 bits per heavy atom. The zero-order valence-electron chi connectivity index (χ0n) is 17.6. The van der Waals surface area contributed by atoms with Gasteiger partial charge in [0, 0.05) is 0 Å². The SMILES string of the molecule is CCC(C)(CC)CC(C)(C(=O)NC(C)(C)CS(=O)(=O)O)C(C)(C)CC. The van der Waals surface area contributed by atoms with Gasteiger partial charge in [-0.2, -0.15) is 8.42 Å². The second kappa shape index (κ2) is 7.95. The number of amides is 1. The van der Waals surface area contributed by atoms with Crippen LogP contribution >= 0.6 is 0 Å². The maximum atomic E-state index is 13.3. The lowest BCUT2D eigenvalue weighted by atomic mass is 9.57. The topological polar surface area (TPSA) is 83.5 Å². The minimum atomic E-state index is -4.17. The molecule has 0 aliphatic carbocycles. The van der Waals surface area contributed by atoms with Crippen LogP contribution in [0.15, 0.2) is 0 Å². The number of nitrogens with one attached hydrogen (secondary N) is 1. The smallest absolute Gasteiger partial charge is 0.267 e. The van der Waals surface area contributed by atoms with E-state index in [1.165, 1.54) is 0 Å². The molecule has 150 valence electrons. The Morgan fingerprint density at radius 2 is 1.36 bits per heavy atom. The molecule has 0 aliphatic rings. The molecule has 1 unspecified atom stereocenters. The van der Waals surface area contributed by atoms with Crippen LogP contribution in [-0.4, -0.2) is 30.2 Å². The summed E-state index contributed by atoms with van der Waals surface area (Å²) in [5, 5.41) is 2.89. The van der Waals surface area contributed by atoms with E-state index in [1.54, 1.807) is 13.8 Å². The van der Waals surface area contributed by atoms with Crippen molar-refractivity contribution in [1.82, 2.24) is 5.32 Å². The zero-order valence-corrected chi connectivity index (χ0v) is 18.4. The van der Waals surface area contributed by atoms with E-state index in [1.807, 2.05) is 6.92 Å². The van der Waals surface area contributed by atoms with E-state index in [0.717, 1.165) is 25.7 Å². The van der Waals surface area contributed by atoms with E-state index in [9.17, 15) is 13.2 Å². The van der Waals surface area contributed by atoms with Crippen LogP contribution < -0.4 is 5.32 Å². The summed E-state index contributed by atoms with van der Waals surface area (Å²) in [7, 11) is -4.17. The van der Waals surface area contributed by atoms with Gasteiger partial charge in [0.25, 0.3) is 10.1 Å². The number of carbonyl (C=O) groups is 1. The van der Waals surface area contributed by atoms with Crippen LogP contribution in [0.25, 0.3) is 0 Å². The summed E-state index contributed by atoms with van der Waals surface area (Å²) in [6.45, 7) is 18.0. The third-order valence-corrected chi connectivity index (χ3v) is 7.45. The molecule has 0 aromatic heterocycles. The van der Waals surface area contributed by atoms with E-state index in [2.05, 4.69) is 46.9 Å². The predicted molar refractivity (Wildman–Crippen MR) is 104 cm³/mol. The van der Waals surface area contributed by atoms with Crippen molar-refractivity contribution in [3.05, 3.63) is 0 Å². The van der Waals surface area contributed by atoms with Gasteiger partial charge in [0.15, 0.2) is 0 Å². The number of hydrogen-bond donors (Lipinski definition) is 2. The highest BCUT2D eigenvalue weighted by atomic mass is 32.2. The lowest BCUT2D eigenvalue weighted by molar-refractivity contribution is -0.142. The molecular formula is C19H39NO4S. The molecule has 6 heteroatoms. The van der Waals surface area contributed by atoms with Gasteiger partial charge in [-0.1, -0.05) is 61.3 Å². The van der Waals surface area contributed by atoms with Crippen LogP contribution in [0, 0.1) is 16.2 Å². The first-order valence-corrected chi connectivity index (χ1v) is 10.9. The lowest BCUT2D eigenvalue weighted by Crippen LogP contribution is -2.57. The van der Waals surface area contributed by atoms with Crippen molar-refractivity contribution in [2.45, 2.75) is 93.5 Å². The fourth-order valence-electron chi connectivity index (χ4n) is 3.31. The third kappa shape index (κ3) is 6.55. The number of carbonyl (C=O) groups excluding carboxylic acids is 1. The maximum absolute atomic E-state index is 13.3. The highest BCUT2D eigenvalue weighted by Gasteiger charge is 2.50. The summed E-state index contributed by atoms with van der Waals surface area (Å²) >= 11 is 0. The Hall–Kier alpha value is -0.620. The Kier molecular flexibility index (Phi) is 7.75. The maximum Gasteiger partial charge on any atom is 0.267 e. The van der Waals surface area contributed by atoms with E-state index >= 15 is 0 Å². The summed E-state index contributed by atoms with van der Waals surface area (Å²) in [6, 6.07) is 0. The second-order valence-electron chi connectivity index (χ2n) is 9.33. The van der Waals surface area contributed by atoms with E-state index in [4.69, 9.17) is 4.55 Å². The molecule has 0 saturated carbocycles. The van der Waals surface area contributed by atoms with Gasteiger partial charge in [-0.3, -0.25) is 9.35 Å². The van der Waals surface area contributed by atoms with Crippen molar-refractivity contribution in [3.63, 3.8) is 0 Å². The predicted octanol–water partition coefficient (Wildman–Crippen LogP) is 4.43.